The van der Waals surface area contributed by atoms with Crippen LogP contribution in [0.4, 0.5) is 0 Å². The monoisotopic (exact) mass is 308 g/mol. The van der Waals surface area contributed by atoms with Gasteiger partial charge in [0, 0.05) is 38.6 Å². The molecule has 23 heavy (non-hydrogen) atoms. The number of carbonyl (C=O) groups is 1. The summed E-state index contributed by atoms with van der Waals surface area (Å²) in [6.07, 6.45) is 3.45. The molecule has 2 aromatic rings. The summed E-state index contributed by atoms with van der Waals surface area (Å²) in [6.45, 7) is 4.73. The van der Waals surface area contributed by atoms with Crippen molar-refractivity contribution in [3.8, 4) is 0 Å². The summed E-state index contributed by atoms with van der Waals surface area (Å²) in [5.41, 5.74) is 1.39. The zero-order chi connectivity index (χ0) is 15.6. The Morgan fingerprint density at radius 2 is 1.70 bits per heavy atom. The van der Waals surface area contributed by atoms with Gasteiger partial charge in [0.15, 0.2) is 0 Å². The van der Waals surface area contributed by atoms with Crippen LogP contribution < -0.4 is 0 Å². The normalized spacial score (nSPS) is 19.7. The van der Waals surface area contributed by atoms with Crippen molar-refractivity contribution in [3.05, 3.63) is 48.0 Å². The Balaban J connectivity index is 1.40. The van der Waals surface area contributed by atoms with Crippen molar-refractivity contribution in [2.24, 2.45) is 5.92 Å². The lowest BCUT2D eigenvalue weighted by molar-refractivity contribution is -0.140. The molecular weight excluding hydrogens is 284 g/mol. The highest BCUT2D eigenvalue weighted by atomic mass is 16.2. The van der Waals surface area contributed by atoms with Crippen molar-refractivity contribution in [2.45, 2.75) is 25.8 Å². The summed E-state index contributed by atoms with van der Waals surface area (Å²) in [6, 6.07) is 15.1. The highest BCUT2D eigenvalue weighted by Crippen LogP contribution is 2.28. The van der Waals surface area contributed by atoms with E-state index in [-0.39, 0.29) is 0 Å². The van der Waals surface area contributed by atoms with Gasteiger partial charge in [-0.15, -0.1) is 0 Å². The molecule has 1 aliphatic heterocycles. The van der Waals surface area contributed by atoms with Crippen molar-refractivity contribution >= 4 is 16.7 Å². The first kappa shape index (κ1) is 14.7. The van der Waals surface area contributed by atoms with Crippen molar-refractivity contribution < 1.29 is 4.79 Å². The Morgan fingerprint density at radius 3 is 2.43 bits per heavy atom. The number of fused-ring (bicyclic) bond motifs is 1. The quantitative estimate of drug-likeness (QED) is 0.869. The van der Waals surface area contributed by atoms with Crippen LogP contribution in [-0.4, -0.2) is 41.9 Å². The van der Waals surface area contributed by atoms with Gasteiger partial charge < -0.3 is 4.90 Å². The van der Waals surface area contributed by atoms with Gasteiger partial charge in [-0.2, -0.15) is 0 Å². The molecule has 2 fully saturated rings. The molecule has 1 aliphatic carbocycles. The van der Waals surface area contributed by atoms with Crippen molar-refractivity contribution in [1.82, 2.24) is 9.80 Å². The molecule has 3 heteroatoms. The SMILES string of the molecule is O=C(C1CCC1)N1CCN(Cc2cccc3ccccc23)CC1. The van der Waals surface area contributed by atoms with Crippen LogP contribution in [0.15, 0.2) is 42.5 Å². The van der Waals surface area contributed by atoms with Crippen molar-refractivity contribution in [2.75, 3.05) is 26.2 Å². The van der Waals surface area contributed by atoms with Crippen LogP contribution >= 0.6 is 0 Å². The van der Waals surface area contributed by atoms with Gasteiger partial charge in [-0.05, 0) is 29.2 Å². The summed E-state index contributed by atoms with van der Waals surface area (Å²) in [5.74, 6) is 0.737. The maximum atomic E-state index is 12.3. The number of benzene rings is 2. The van der Waals surface area contributed by atoms with E-state index in [4.69, 9.17) is 0 Å². The van der Waals surface area contributed by atoms with Gasteiger partial charge in [-0.1, -0.05) is 48.9 Å². The maximum Gasteiger partial charge on any atom is 0.225 e. The molecule has 0 bridgehead atoms. The van der Waals surface area contributed by atoms with E-state index in [0.717, 1.165) is 45.6 Å². The largest absolute Gasteiger partial charge is 0.340 e. The Morgan fingerprint density at radius 1 is 0.957 bits per heavy atom. The van der Waals surface area contributed by atoms with Gasteiger partial charge in [0.25, 0.3) is 0 Å². The summed E-state index contributed by atoms with van der Waals surface area (Å²) in [5, 5.41) is 2.66. The van der Waals surface area contributed by atoms with Crippen LogP contribution in [0.1, 0.15) is 24.8 Å². The molecule has 1 amide bonds. The first-order valence-corrected chi connectivity index (χ1v) is 8.79. The van der Waals surface area contributed by atoms with Gasteiger partial charge in [0.05, 0.1) is 0 Å². The minimum Gasteiger partial charge on any atom is -0.340 e. The molecule has 0 N–H and O–H groups in total. The number of piperazine rings is 1. The molecule has 0 spiro atoms. The number of amides is 1. The second kappa shape index (κ2) is 6.32. The van der Waals surface area contributed by atoms with Gasteiger partial charge >= 0.3 is 0 Å². The molecule has 1 heterocycles. The van der Waals surface area contributed by atoms with Crippen molar-refractivity contribution in [3.63, 3.8) is 0 Å². The van der Waals surface area contributed by atoms with Crippen LogP contribution in [0.2, 0.25) is 0 Å². The van der Waals surface area contributed by atoms with E-state index in [0.29, 0.717) is 11.8 Å². The lowest BCUT2D eigenvalue weighted by Gasteiger charge is -2.38. The third-order valence-corrected chi connectivity index (χ3v) is 5.41. The molecule has 3 nitrogen and oxygen atoms in total. The zero-order valence-corrected chi connectivity index (χ0v) is 13.6. The Labute approximate surface area is 137 Å². The Hall–Kier alpha value is -1.87. The van der Waals surface area contributed by atoms with Gasteiger partial charge in [-0.3, -0.25) is 9.69 Å². The Bertz CT molecular complexity index is 694. The van der Waals surface area contributed by atoms with Crippen molar-refractivity contribution in [1.29, 1.82) is 0 Å². The van der Waals surface area contributed by atoms with E-state index in [1.807, 2.05) is 0 Å². The fourth-order valence-electron chi connectivity index (χ4n) is 3.71. The number of hydrogen-bond acceptors (Lipinski definition) is 2. The van der Waals surface area contributed by atoms with Gasteiger partial charge in [0.1, 0.15) is 0 Å². The highest BCUT2D eigenvalue weighted by Gasteiger charge is 2.31. The molecular formula is C20H24N2O. The van der Waals surface area contributed by atoms with Gasteiger partial charge in [-0.25, -0.2) is 0 Å². The van der Waals surface area contributed by atoms with Crippen LogP contribution in [0.5, 0.6) is 0 Å². The van der Waals surface area contributed by atoms with E-state index >= 15 is 0 Å². The topological polar surface area (TPSA) is 23.6 Å². The molecule has 0 aromatic heterocycles. The number of carbonyl (C=O) groups excluding carboxylic acids is 1. The molecule has 4 rings (SSSR count). The zero-order valence-electron chi connectivity index (χ0n) is 13.6. The minimum atomic E-state index is 0.333. The first-order valence-electron chi connectivity index (χ1n) is 8.79. The van der Waals surface area contributed by atoms with E-state index < -0.39 is 0 Å². The fraction of sp³-hybridized carbons (Fsp3) is 0.450. The molecule has 2 aromatic carbocycles. The number of hydrogen-bond donors (Lipinski definition) is 0. The van der Waals surface area contributed by atoms with Crippen LogP contribution in [0.25, 0.3) is 10.8 Å². The molecule has 120 valence electrons. The molecule has 1 saturated heterocycles. The van der Waals surface area contributed by atoms with Crippen LogP contribution in [0, 0.1) is 5.92 Å². The summed E-state index contributed by atoms with van der Waals surface area (Å²) in [7, 11) is 0. The predicted octanol–water partition coefficient (Wildman–Crippen LogP) is 3.28. The van der Waals surface area contributed by atoms with E-state index in [9.17, 15) is 4.79 Å². The number of rotatable bonds is 3. The third-order valence-electron chi connectivity index (χ3n) is 5.41. The molecule has 1 saturated carbocycles. The average molecular weight is 308 g/mol. The second-order valence-corrected chi connectivity index (χ2v) is 6.87. The molecule has 0 radical (unpaired) electrons. The second-order valence-electron chi connectivity index (χ2n) is 6.87. The highest BCUT2D eigenvalue weighted by molar-refractivity contribution is 5.85. The van der Waals surface area contributed by atoms with E-state index in [1.165, 1.54) is 22.8 Å². The fourth-order valence-corrected chi connectivity index (χ4v) is 3.71. The third kappa shape index (κ3) is 2.98. The summed E-state index contributed by atoms with van der Waals surface area (Å²) < 4.78 is 0. The first-order chi connectivity index (χ1) is 11.3. The summed E-state index contributed by atoms with van der Waals surface area (Å²) in [4.78, 5) is 16.9. The lowest BCUT2D eigenvalue weighted by atomic mass is 9.84. The molecule has 2 aliphatic rings. The van der Waals surface area contributed by atoms with E-state index in [1.54, 1.807) is 0 Å². The lowest BCUT2D eigenvalue weighted by Crippen LogP contribution is -2.50. The predicted molar refractivity (Wildman–Crippen MR) is 93.1 cm³/mol. The van der Waals surface area contributed by atoms with Crippen LogP contribution in [-0.2, 0) is 11.3 Å². The average Bonchev–Trinajstić information content (AvgIpc) is 2.54. The minimum absolute atomic E-state index is 0.333. The molecule has 0 unspecified atom stereocenters. The Kier molecular flexibility index (Phi) is 4.04. The molecule has 0 atom stereocenters. The van der Waals surface area contributed by atoms with E-state index in [2.05, 4.69) is 52.3 Å². The summed E-state index contributed by atoms with van der Waals surface area (Å²) >= 11 is 0. The smallest absolute Gasteiger partial charge is 0.225 e. The van der Waals surface area contributed by atoms with Crippen LogP contribution in [0.3, 0.4) is 0 Å². The number of nitrogens with zero attached hydrogens (tertiary/aromatic N) is 2. The van der Waals surface area contributed by atoms with Gasteiger partial charge in [0.2, 0.25) is 5.91 Å². The standard InChI is InChI=1S/C20H24N2O/c23-20(17-7-4-8-17)22-13-11-21(12-14-22)15-18-9-3-6-16-5-1-2-10-19(16)18/h1-3,5-6,9-10,17H,4,7-8,11-15H2. The maximum absolute atomic E-state index is 12.3.